The highest BCUT2D eigenvalue weighted by atomic mass is 35.5. The molecule has 108 valence electrons. The highest BCUT2D eigenvalue weighted by molar-refractivity contribution is 7.99. The molecule has 0 aliphatic carbocycles. The summed E-state index contributed by atoms with van der Waals surface area (Å²) in [5.74, 6) is -0.345. The fraction of sp³-hybridized carbons (Fsp3) is 0.0833. The van der Waals surface area contributed by atoms with E-state index >= 15 is 0 Å². The van der Waals surface area contributed by atoms with E-state index in [0.717, 1.165) is 11.8 Å². The van der Waals surface area contributed by atoms with Gasteiger partial charge in [-0.1, -0.05) is 23.4 Å². The lowest BCUT2D eigenvalue weighted by Crippen LogP contribution is -2.15. The van der Waals surface area contributed by atoms with Crippen LogP contribution >= 0.6 is 23.4 Å². The number of thioether (sulfide) groups is 1. The molecule has 0 aliphatic rings. The Bertz CT molecular complexity index is 669. The van der Waals surface area contributed by atoms with Gasteiger partial charge in [-0.05, 0) is 18.2 Å². The Labute approximate surface area is 128 Å². The van der Waals surface area contributed by atoms with E-state index in [2.05, 4.69) is 15.3 Å². The minimum absolute atomic E-state index is 0.0454. The Hall–Kier alpha value is -2.19. The third-order valence-electron chi connectivity index (χ3n) is 2.31. The SMILES string of the molecule is O=C(CSc1ncccn1)Nc1ccc(Cl)cc1[N+](=O)[O-]. The fourth-order valence-corrected chi connectivity index (χ4v) is 2.21. The van der Waals surface area contributed by atoms with Gasteiger partial charge in [0.15, 0.2) is 5.16 Å². The lowest BCUT2D eigenvalue weighted by Gasteiger charge is -2.05. The molecule has 0 saturated carbocycles. The summed E-state index contributed by atoms with van der Waals surface area (Å²) in [5.41, 5.74) is -0.152. The van der Waals surface area contributed by atoms with Crippen LogP contribution in [0.3, 0.4) is 0 Å². The number of carbonyl (C=O) groups is 1. The van der Waals surface area contributed by atoms with E-state index in [4.69, 9.17) is 11.6 Å². The van der Waals surface area contributed by atoms with E-state index in [-0.39, 0.29) is 22.2 Å². The van der Waals surface area contributed by atoms with E-state index < -0.39 is 10.8 Å². The summed E-state index contributed by atoms with van der Waals surface area (Å²) in [6.07, 6.45) is 3.13. The second-order valence-corrected chi connectivity index (χ2v) is 5.17. The molecule has 1 aromatic carbocycles. The molecule has 0 unspecified atom stereocenters. The third-order valence-corrected chi connectivity index (χ3v) is 3.42. The van der Waals surface area contributed by atoms with Crippen molar-refractivity contribution in [1.29, 1.82) is 0 Å². The van der Waals surface area contributed by atoms with Gasteiger partial charge in [0, 0.05) is 23.5 Å². The molecule has 0 saturated heterocycles. The zero-order chi connectivity index (χ0) is 15.2. The summed E-state index contributed by atoms with van der Waals surface area (Å²) in [6, 6.07) is 5.71. The molecule has 0 aliphatic heterocycles. The molecule has 0 fully saturated rings. The Morgan fingerprint density at radius 2 is 2.10 bits per heavy atom. The van der Waals surface area contributed by atoms with Gasteiger partial charge < -0.3 is 5.32 Å². The number of anilines is 1. The Morgan fingerprint density at radius 1 is 1.38 bits per heavy atom. The van der Waals surface area contributed by atoms with E-state index in [9.17, 15) is 14.9 Å². The maximum atomic E-state index is 11.8. The maximum Gasteiger partial charge on any atom is 0.294 e. The van der Waals surface area contributed by atoms with Crippen molar-refractivity contribution in [2.24, 2.45) is 0 Å². The topological polar surface area (TPSA) is 98.0 Å². The van der Waals surface area contributed by atoms with Gasteiger partial charge in [-0.2, -0.15) is 0 Å². The molecule has 21 heavy (non-hydrogen) atoms. The first-order chi connectivity index (χ1) is 10.1. The number of nitro groups is 1. The van der Waals surface area contributed by atoms with Crippen LogP contribution in [0, 0.1) is 10.1 Å². The second-order valence-electron chi connectivity index (χ2n) is 3.79. The largest absolute Gasteiger partial charge is 0.320 e. The normalized spacial score (nSPS) is 10.1. The Kier molecular flexibility index (Phi) is 5.07. The van der Waals surface area contributed by atoms with Crippen molar-refractivity contribution in [2.45, 2.75) is 5.16 Å². The maximum absolute atomic E-state index is 11.8. The molecule has 0 bridgehead atoms. The van der Waals surface area contributed by atoms with Crippen molar-refractivity contribution in [3.05, 3.63) is 51.8 Å². The number of nitrogens with zero attached hydrogens (tertiary/aromatic N) is 3. The van der Waals surface area contributed by atoms with Crippen LogP contribution in [0.1, 0.15) is 0 Å². The first-order valence-electron chi connectivity index (χ1n) is 5.70. The van der Waals surface area contributed by atoms with Gasteiger partial charge in [-0.25, -0.2) is 9.97 Å². The molecule has 0 atom stereocenters. The van der Waals surface area contributed by atoms with Crippen LogP contribution in [-0.4, -0.2) is 26.6 Å². The van der Waals surface area contributed by atoms with Crippen LogP contribution in [-0.2, 0) is 4.79 Å². The number of halogens is 1. The van der Waals surface area contributed by atoms with Gasteiger partial charge in [-0.15, -0.1) is 0 Å². The van der Waals surface area contributed by atoms with Crippen LogP contribution in [0.4, 0.5) is 11.4 Å². The van der Waals surface area contributed by atoms with Crippen LogP contribution in [0.5, 0.6) is 0 Å². The van der Waals surface area contributed by atoms with E-state index in [1.165, 1.54) is 18.2 Å². The quantitative estimate of drug-likeness (QED) is 0.393. The minimum atomic E-state index is -0.602. The Balaban J connectivity index is 2.01. The number of amides is 1. The van der Waals surface area contributed by atoms with Crippen LogP contribution in [0.2, 0.25) is 5.02 Å². The van der Waals surface area contributed by atoms with Gasteiger partial charge in [-0.3, -0.25) is 14.9 Å². The molecule has 2 rings (SSSR count). The summed E-state index contributed by atoms with van der Waals surface area (Å²) in [4.78, 5) is 30.0. The molecule has 1 heterocycles. The highest BCUT2D eigenvalue weighted by Gasteiger charge is 2.16. The zero-order valence-electron chi connectivity index (χ0n) is 10.5. The lowest BCUT2D eigenvalue weighted by molar-refractivity contribution is -0.383. The van der Waals surface area contributed by atoms with Gasteiger partial charge >= 0.3 is 0 Å². The van der Waals surface area contributed by atoms with Crippen molar-refractivity contribution in [1.82, 2.24) is 9.97 Å². The molecule has 1 amide bonds. The van der Waals surface area contributed by atoms with Crippen LogP contribution in [0.15, 0.2) is 41.8 Å². The van der Waals surface area contributed by atoms with E-state index in [1.54, 1.807) is 18.5 Å². The van der Waals surface area contributed by atoms with Gasteiger partial charge in [0.1, 0.15) is 5.69 Å². The monoisotopic (exact) mass is 324 g/mol. The third kappa shape index (κ3) is 4.40. The highest BCUT2D eigenvalue weighted by Crippen LogP contribution is 2.27. The standard InChI is InChI=1S/C12H9ClN4O3S/c13-8-2-3-9(10(6-8)17(19)20)16-11(18)7-21-12-14-4-1-5-15-12/h1-6H,7H2,(H,16,18). The van der Waals surface area contributed by atoms with E-state index in [1.807, 2.05) is 0 Å². The molecular weight excluding hydrogens is 316 g/mol. The van der Waals surface area contributed by atoms with Crippen molar-refractivity contribution in [3.8, 4) is 0 Å². The molecule has 1 N–H and O–H groups in total. The van der Waals surface area contributed by atoms with Crippen molar-refractivity contribution >= 4 is 40.6 Å². The summed E-state index contributed by atoms with van der Waals surface area (Å²) >= 11 is 6.84. The van der Waals surface area contributed by atoms with Crippen LogP contribution in [0.25, 0.3) is 0 Å². The molecule has 0 spiro atoms. The van der Waals surface area contributed by atoms with Crippen molar-refractivity contribution in [3.63, 3.8) is 0 Å². The molecule has 1 aromatic heterocycles. The number of rotatable bonds is 5. The van der Waals surface area contributed by atoms with Gasteiger partial charge in [0.05, 0.1) is 10.7 Å². The molecular formula is C12H9ClN4O3S. The molecule has 9 heteroatoms. The smallest absolute Gasteiger partial charge is 0.294 e. The van der Waals surface area contributed by atoms with Gasteiger partial charge in [0.25, 0.3) is 5.69 Å². The predicted molar refractivity (Wildman–Crippen MR) is 79.5 cm³/mol. The summed E-state index contributed by atoms with van der Waals surface area (Å²) in [7, 11) is 0. The summed E-state index contributed by atoms with van der Waals surface area (Å²) in [5, 5.41) is 14.1. The number of aromatic nitrogens is 2. The average Bonchev–Trinajstić information content (AvgIpc) is 2.48. The first kappa shape index (κ1) is 15.2. The molecule has 7 nitrogen and oxygen atoms in total. The molecule has 0 radical (unpaired) electrons. The average molecular weight is 325 g/mol. The van der Waals surface area contributed by atoms with Crippen molar-refractivity contribution < 1.29 is 9.72 Å². The molecule has 2 aromatic rings. The second kappa shape index (κ2) is 7.00. The zero-order valence-corrected chi connectivity index (χ0v) is 12.1. The number of carbonyl (C=O) groups excluding carboxylic acids is 1. The van der Waals surface area contributed by atoms with E-state index in [0.29, 0.717) is 5.16 Å². The number of nitrogens with one attached hydrogen (secondary N) is 1. The minimum Gasteiger partial charge on any atom is -0.320 e. The number of hydrogen-bond acceptors (Lipinski definition) is 6. The van der Waals surface area contributed by atoms with Crippen LogP contribution < -0.4 is 5.32 Å². The van der Waals surface area contributed by atoms with Crippen molar-refractivity contribution in [2.75, 3.05) is 11.1 Å². The lowest BCUT2D eigenvalue weighted by atomic mass is 10.2. The number of nitro benzene ring substituents is 1. The fourth-order valence-electron chi connectivity index (χ4n) is 1.44. The number of benzene rings is 1. The van der Waals surface area contributed by atoms with Gasteiger partial charge in [0.2, 0.25) is 5.91 Å². The summed E-state index contributed by atoms with van der Waals surface area (Å²) < 4.78 is 0. The Morgan fingerprint density at radius 3 is 2.76 bits per heavy atom. The first-order valence-corrected chi connectivity index (χ1v) is 7.06. The predicted octanol–water partition coefficient (Wildman–Crippen LogP) is 2.77. The number of hydrogen-bond donors (Lipinski definition) is 1. The summed E-state index contributed by atoms with van der Waals surface area (Å²) in [6.45, 7) is 0.